The Hall–Kier alpha value is -2.52. The van der Waals surface area contributed by atoms with Crippen LogP contribution in [-0.4, -0.2) is 28.0 Å². The van der Waals surface area contributed by atoms with Crippen molar-refractivity contribution in [2.75, 3.05) is 19.0 Å². The second kappa shape index (κ2) is 8.04. The van der Waals surface area contributed by atoms with E-state index >= 15 is 0 Å². The minimum Gasteiger partial charge on any atom is -0.495 e. The molecule has 2 N–H and O–H groups in total. The Morgan fingerprint density at radius 2 is 1.84 bits per heavy atom. The number of halogens is 2. The molecule has 0 aliphatic rings. The van der Waals surface area contributed by atoms with Crippen LogP contribution in [0.4, 0.5) is 14.5 Å². The SMILES string of the molecule is COc1ccccc1NC(=O)CCNS(=O)(=O)c1ccc(F)c(F)c1. The fourth-order valence-corrected chi connectivity index (χ4v) is 3.03. The maximum absolute atomic E-state index is 13.1. The summed E-state index contributed by atoms with van der Waals surface area (Å²) in [5.74, 6) is -2.37. The van der Waals surface area contributed by atoms with Gasteiger partial charge in [0.15, 0.2) is 11.6 Å². The third kappa shape index (κ3) is 4.97. The van der Waals surface area contributed by atoms with Crippen LogP contribution in [0.2, 0.25) is 0 Å². The van der Waals surface area contributed by atoms with E-state index in [1.54, 1.807) is 24.3 Å². The highest BCUT2D eigenvalue weighted by Crippen LogP contribution is 2.23. The molecule has 9 heteroatoms. The number of para-hydroxylation sites is 2. The normalized spacial score (nSPS) is 11.2. The zero-order valence-corrected chi connectivity index (χ0v) is 14.1. The van der Waals surface area contributed by atoms with Gasteiger partial charge in [-0.2, -0.15) is 0 Å². The number of hydrogen-bond acceptors (Lipinski definition) is 4. The van der Waals surface area contributed by atoms with Crippen molar-refractivity contribution in [2.24, 2.45) is 0 Å². The van der Waals surface area contributed by atoms with E-state index in [-0.39, 0.29) is 13.0 Å². The average Bonchev–Trinajstić information content (AvgIpc) is 2.57. The molecule has 0 saturated heterocycles. The van der Waals surface area contributed by atoms with Gasteiger partial charge in [-0.1, -0.05) is 12.1 Å². The smallest absolute Gasteiger partial charge is 0.240 e. The molecular formula is C16H16F2N2O4S. The van der Waals surface area contributed by atoms with Crippen LogP contribution in [0.15, 0.2) is 47.4 Å². The number of nitrogens with one attached hydrogen (secondary N) is 2. The quantitative estimate of drug-likeness (QED) is 0.783. The first-order chi connectivity index (χ1) is 11.8. The molecule has 0 saturated carbocycles. The van der Waals surface area contributed by atoms with Gasteiger partial charge in [-0.3, -0.25) is 4.79 Å². The van der Waals surface area contributed by atoms with E-state index in [2.05, 4.69) is 10.0 Å². The van der Waals surface area contributed by atoms with E-state index in [1.165, 1.54) is 7.11 Å². The molecule has 134 valence electrons. The fraction of sp³-hybridized carbons (Fsp3) is 0.188. The lowest BCUT2D eigenvalue weighted by Gasteiger charge is -2.10. The molecule has 0 atom stereocenters. The maximum Gasteiger partial charge on any atom is 0.240 e. The molecule has 0 aliphatic heterocycles. The van der Waals surface area contributed by atoms with Crippen LogP contribution < -0.4 is 14.8 Å². The van der Waals surface area contributed by atoms with Crippen LogP contribution in [-0.2, 0) is 14.8 Å². The molecule has 0 aliphatic carbocycles. The van der Waals surface area contributed by atoms with Gasteiger partial charge in [0, 0.05) is 13.0 Å². The number of ether oxygens (including phenoxy) is 1. The Labute approximate surface area is 143 Å². The summed E-state index contributed by atoms with van der Waals surface area (Å²) < 4.78 is 57.2. The van der Waals surface area contributed by atoms with Crippen LogP contribution >= 0.6 is 0 Å². The van der Waals surface area contributed by atoms with Gasteiger partial charge in [-0.05, 0) is 30.3 Å². The molecule has 0 unspecified atom stereocenters. The van der Waals surface area contributed by atoms with E-state index in [0.717, 1.165) is 12.1 Å². The minimum absolute atomic E-state index is 0.152. The number of anilines is 1. The summed E-state index contributed by atoms with van der Waals surface area (Å²) in [6.07, 6.45) is -0.152. The van der Waals surface area contributed by atoms with Crippen molar-refractivity contribution in [3.05, 3.63) is 54.1 Å². The number of carbonyl (C=O) groups excluding carboxylic acids is 1. The van der Waals surface area contributed by atoms with Gasteiger partial charge in [0.2, 0.25) is 15.9 Å². The predicted molar refractivity (Wildman–Crippen MR) is 87.8 cm³/mol. The number of amides is 1. The standard InChI is InChI=1S/C16H16F2N2O4S/c1-24-15-5-3-2-4-14(15)20-16(21)8-9-19-25(22,23)11-6-7-12(17)13(18)10-11/h2-7,10,19H,8-9H2,1H3,(H,20,21). The Bertz CT molecular complexity index is 872. The van der Waals surface area contributed by atoms with Crippen molar-refractivity contribution in [2.45, 2.75) is 11.3 Å². The first-order valence-electron chi connectivity index (χ1n) is 7.21. The molecule has 25 heavy (non-hydrogen) atoms. The highest BCUT2D eigenvalue weighted by atomic mass is 32.2. The highest BCUT2D eigenvalue weighted by molar-refractivity contribution is 7.89. The molecular weight excluding hydrogens is 354 g/mol. The summed E-state index contributed by atoms with van der Waals surface area (Å²) in [5.41, 5.74) is 0.457. The van der Waals surface area contributed by atoms with Crippen molar-refractivity contribution in [1.29, 1.82) is 0 Å². The third-order valence-corrected chi connectivity index (χ3v) is 4.69. The van der Waals surface area contributed by atoms with Crippen molar-refractivity contribution in [3.8, 4) is 5.75 Å². The lowest BCUT2D eigenvalue weighted by molar-refractivity contribution is -0.116. The van der Waals surface area contributed by atoms with Gasteiger partial charge in [0.25, 0.3) is 0 Å². The van der Waals surface area contributed by atoms with Crippen molar-refractivity contribution >= 4 is 21.6 Å². The Balaban J connectivity index is 1.93. The van der Waals surface area contributed by atoms with E-state index in [9.17, 15) is 22.0 Å². The van der Waals surface area contributed by atoms with Gasteiger partial charge < -0.3 is 10.1 Å². The Morgan fingerprint density at radius 3 is 2.52 bits per heavy atom. The first kappa shape index (κ1) is 18.8. The summed E-state index contributed by atoms with van der Waals surface area (Å²) >= 11 is 0. The van der Waals surface area contributed by atoms with E-state index in [4.69, 9.17) is 4.74 Å². The molecule has 0 fully saturated rings. The average molecular weight is 370 g/mol. The number of benzene rings is 2. The molecule has 0 radical (unpaired) electrons. The monoisotopic (exact) mass is 370 g/mol. The van der Waals surface area contributed by atoms with Crippen LogP contribution in [0.1, 0.15) is 6.42 Å². The number of rotatable bonds is 7. The molecule has 2 aromatic carbocycles. The van der Waals surface area contributed by atoms with Gasteiger partial charge in [0.05, 0.1) is 17.7 Å². The molecule has 0 spiro atoms. The topological polar surface area (TPSA) is 84.5 Å². The largest absolute Gasteiger partial charge is 0.495 e. The van der Waals surface area contributed by atoms with Crippen molar-refractivity contribution < 1.29 is 26.7 Å². The second-order valence-electron chi connectivity index (χ2n) is 4.97. The molecule has 2 rings (SSSR count). The molecule has 6 nitrogen and oxygen atoms in total. The highest BCUT2D eigenvalue weighted by Gasteiger charge is 2.17. The molecule has 2 aromatic rings. The van der Waals surface area contributed by atoms with E-state index in [1.807, 2.05) is 0 Å². The second-order valence-corrected chi connectivity index (χ2v) is 6.74. The third-order valence-electron chi connectivity index (χ3n) is 3.23. The van der Waals surface area contributed by atoms with Gasteiger partial charge >= 0.3 is 0 Å². The number of sulfonamides is 1. The molecule has 0 aromatic heterocycles. The van der Waals surface area contributed by atoms with Crippen LogP contribution in [0.3, 0.4) is 0 Å². The lowest BCUT2D eigenvalue weighted by atomic mass is 10.3. The van der Waals surface area contributed by atoms with Crippen molar-refractivity contribution in [3.63, 3.8) is 0 Å². The van der Waals surface area contributed by atoms with Gasteiger partial charge in [0.1, 0.15) is 5.75 Å². The predicted octanol–water partition coefficient (Wildman–Crippen LogP) is 2.28. The first-order valence-corrected chi connectivity index (χ1v) is 8.69. The van der Waals surface area contributed by atoms with E-state index in [0.29, 0.717) is 17.5 Å². The Kier molecular flexibility index (Phi) is 6.05. The molecule has 1 amide bonds. The summed E-state index contributed by atoms with van der Waals surface area (Å²) in [4.78, 5) is 11.5. The van der Waals surface area contributed by atoms with Crippen molar-refractivity contribution in [1.82, 2.24) is 4.72 Å². The molecule has 0 heterocycles. The van der Waals surface area contributed by atoms with E-state index < -0.39 is 32.5 Å². The fourth-order valence-electron chi connectivity index (χ4n) is 1.99. The number of carbonyl (C=O) groups is 1. The maximum atomic E-state index is 13.1. The number of hydrogen-bond donors (Lipinski definition) is 2. The summed E-state index contributed by atoms with van der Waals surface area (Å²) in [6.45, 7) is -0.206. The summed E-state index contributed by atoms with van der Waals surface area (Å²) in [7, 11) is -2.58. The zero-order valence-electron chi connectivity index (χ0n) is 13.3. The minimum atomic E-state index is -4.04. The van der Waals surface area contributed by atoms with Gasteiger partial charge in [-0.25, -0.2) is 21.9 Å². The van der Waals surface area contributed by atoms with Crippen LogP contribution in [0.25, 0.3) is 0 Å². The van der Waals surface area contributed by atoms with Gasteiger partial charge in [-0.15, -0.1) is 0 Å². The Morgan fingerprint density at radius 1 is 1.12 bits per heavy atom. The number of methoxy groups -OCH3 is 1. The summed E-state index contributed by atoms with van der Waals surface area (Å²) in [5, 5.41) is 2.60. The van der Waals surface area contributed by atoms with Crippen LogP contribution in [0, 0.1) is 11.6 Å². The zero-order chi connectivity index (χ0) is 18.4. The van der Waals surface area contributed by atoms with Crippen LogP contribution in [0.5, 0.6) is 5.75 Å². The summed E-state index contributed by atoms with van der Waals surface area (Å²) in [6, 6.07) is 9.00. The molecule has 0 bridgehead atoms. The lowest BCUT2D eigenvalue weighted by Crippen LogP contribution is -2.28.